The van der Waals surface area contributed by atoms with Crippen LogP contribution in [0.5, 0.6) is 0 Å². The number of fused-ring (bicyclic) bond motifs is 12. The van der Waals surface area contributed by atoms with Crippen molar-refractivity contribution in [1.29, 1.82) is 0 Å². The predicted molar refractivity (Wildman–Crippen MR) is 189 cm³/mol. The number of hydrogen-bond donors (Lipinski definition) is 0. The summed E-state index contributed by atoms with van der Waals surface area (Å²) >= 11 is 0. The van der Waals surface area contributed by atoms with Gasteiger partial charge in [0.15, 0.2) is 5.58 Å². The van der Waals surface area contributed by atoms with Crippen LogP contribution in [0.3, 0.4) is 0 Å². The van der Waals surface area contributed by atoms with E-state index >= 15 is 0 Å². The van der Waals surface area contributed by atoms with E-state index in [-0.39, 0.29) is 0 Å². The maximum atomic E-state index is 6.49. The summed E-state index contributed by atoms with van der Waals surface area (Å²) in [5.41, 5.74) is 11.9. The summed E-state index contributed by atoms with van der Waals surface area (Å²) in [6.07, 6.45) is 0. The van der Waals surface area contributed by atoms with Crippen LogP contribution < -0.4 is 0 Å². The van der Waals surface area contributed by atoms with Gasteiger partial charge in [-0.2, -0.15) is 0 Å². The molecule has 8 aromatic carbocycles. The van der Waals surface area contributed by atoms with Crippen LogP contribution in [0.25, 0.3) is 110 Å². The molecule has 2 aromatic heterocycles. The van der Waals surface area contributed by atoms with Crippen molar-refractivity contribution in [3.8, 4) is 44.8 Å². The van der Waals surface area contributed by atoms with Crippen molar-refractivity contribution in [2.45, 2.75) is 0 Å². The van der Waals surface area contributed by atoms with E-state index in [9.17, 15) is 0 Å². The Bertz CT molecular complexity index is 2910. The second kappa shape index (κ2) is 8.71. The first-order chi connectivity index (χ1) is 22.8. The third-order valence-electron chi connectivity index (χ3n) is 9.81. The molecule has 0 bridgehead atoms. The van der Waals surface area contributed by atoms with Gasteiger partial charge in [-0.1, -0.05) is 97.1 Å². The minimum atomic E-state index is 0.641. The average molecular weight is 586 g/mol. The Morgan fingerprint density at radius 3 is 2.13 bits per heavy atom. The van der Waals surface area contributed by atoms with Gasteiger partial charge in [-0.15, -0.1) is 0 Å². The van der Waals surface area contributed by atoms with Crippen molar-refractivity contribution < 1.29 is 8.83 Å². The predicted octanol–water partition coefficient (Wildman–Crippen LogP) is 12.2. The van der Waals surface area contributed by atoms with Gasteiger partial charge in [0.2, 0.25) is 5.89 Å². The van der Waals surface area contributed by atoms with E-state index < -0.39 is 0 Å². The molecule has 46 heavy (non-hydrogen) atoms. The Kier molecular flexibility index (Phi) is 4.58. The Hall–Kier alpha value is -6.19. The van der Waals surface area contributed by atoms with Gasteiger partial charge in [-0.25, -0.2) is 4.98 Å². The lowest BCUT2D eigenvalue weighted by Crippen LogP contribution is -1.84. The molecule has 0 unspecified atom stereocenters. The third-order valence-corrected chi connectivity index (χ3v) is 9.81. The zero-order valence-electron chi connectivity index (χ0n) is 24.5. The Morgan fingerprint density at radius 1 is 0.391 bits per heavy atom. The summed E-state index contributed by atoms with van der Waals surface area (Å²) in [5, 5.41) is 9.47. The SMILES string of the molecule is c1ccc(-c2nc3ccc4ccc5ccc(-c6ccc7c(c6)-c6cc8oc9ccccc9c8c8cccc-7c68)cc5c4c3o2)cc1. The largest absolute Gasteiger partial charge is 0.456 e. The van der Waals surface area contributed by atoms with E-state index in [1.165, 1.54) is 54.9 Å². The summed E-state index contributed by atoms with van der Waals surface area (Å²) in [6, 6.07) is 49.6. The molecule has 3 heteroatoms. The van der Waals surface area contributed by atoms with Crippen LogP contribution in [0.15, 0.2) is 148 Å². The lowest BCUT2D eigenvalue weighted by atomic mass is 9.94. The van der Waals surface area contributed by atoms with E-state index in [4.69, 9.17) is 13.8 Å². The van der Waals surface area contributed by atoms with Crippen LogP contribution in [0.1, 0.15) is 0 Å². The van der Waals surface area contributed by atoms with Crippen molar-refractivity contribution in [3.05, 3.63) is 140 Å². The second-order valence-corrected chi connectivity index (χ2v) is 12.3. The monoisotopic (exact) mass is 585 g/mol. The molecular weight excluding hydrogens is 562 g/mol. The standard InChI is InChI=1S/C43H23NO2/c1-2-7-26(8-3-1)43-44-36-20-18-25-15-13-24-14-16-27(21-33(24)39(25)42(36)46-43)28-17-19-29-30-10-6-11-32-40(30)35(34(29)22-28)23-38-41(32)31-9-4-5-12-37(31)45-38/h1-23H. The molecule has 0 radical (unpaired) electrons. The number of benzene rings is 8. The molecule has 1 aliphatic rings. The first-order valence-electron chi connectivity index (χ1n) is 15.6. The van der Waals surface area contributed by atoms with Crippen molar-refractivity contribution in [1.82, 2.24) is 4.98 Å². The third kappa shape index (κ3) is 3.19. The molecule has 10 aromatic rings. The van der Waals surface area contributed by atoms with E-state index in [2.05, 4.69) is 103 Å². The van der Waals surface area contributed by atoms with E-state index in [0.29, 0.717) is 5.89 Å². The number of para-hydroxylation sites is 1. The summed E-state index contributed by atoms with van der Waals surface area (Å²) in [7, 11) is 0. The molecule has 212 valence electrons. The molecule has 0 spiro atoms. The Morgan fingerprint density at radius 2 is 1.17 bits per heavy atom. The highest BCUT2D eigenvalue weighted by molar-refractivity contribution is 6.28. The molecule has 1 aliphatic carbocycles. The van der Waals surface area contributed by atoms with Crippen LogP contribution in [0, 0.1) is 0 Å². The molecule has 0 saturated heterocycles. The normalized spacial score (nSPS) is 12.3. The maximum Gasteiger partial charge on any atom is 0.227 e. The average Bonchev–Trinajstić information content (AvgIpc) is 3.81. The molecule has 0 atom stereocenters. The van der Waals surface area contributed by atoms with Gasteiger partial charge in [0.1, 0.15) is 16.7 Å². The van der Waals surface area contributed by atoms with E-state index in [1.807, 2.05) is 36.4 Å². The van der Waals surface area contributed by atoms with Crippen molar-refractivity contribution >= 4 is 65.4 Å². The Labute approximate surface area is 262 Å². The number of hydrogen-bond acceptors (Lipinski definition) is 3. The van der Waals surface area contributed by atoms with Gasteiger partial charge in [-0.05, 0) is 103 Å². The van der Waals surface area contributed by atoms with Crippen LogP contribution in [0.4, 0.5) is 0 Å². The molecule has 3 nitrogen and oxygen atoms in total. The van der Waals surface area contributed by atoms with Crippen LogP contribution in [-0.4, -0.2) is 4.98 Å². The number of aromatic nitrogens is 1. The van der Waals surface area contributed by atoms with Gasteiger partial charge >= 0.3 is 0 Å². The molecule has 11 rings (SSSR count). The number of nitrogens with zero attached hydrogens (tertiary/aromatic N) is 1. The summed E-state index contributed by atoms with van der Waals surface area (Å²) < 4.78 is 12.9. The smallest absolute Gasteiger partial charge is 0.227 e. The first-order valence-corrected chi connectivity index (χ1v) is 15.6. The number of rotatable bonds is 2. The van der Waals surface area contributed by atoms with E-state index in [0.717, 1.165) is 49.4 Å². The van der Waals surface area contributed by atoms with Crippen molar-refractivity contribution in [2.75, 3.05) is 0 Å². The Balaban J connectivity index is 1.12. The minimum absolute atomic E-state index is 0.641. The fraction of sp³-hybridized carbons (Fsp3) is 0. The zero-order valence-corrected chi connectivity index (χ0v) is 24.5. The van der Waals surface area contributed by atoms with Crippen molar-refractivity contribution in [2.24, 2.45) is 0 Å². The van der Waals surface area contributed by atoms with Gasteiger partial charge in [0.05, 0.1) is 0 Å². The lowest BCUT2D eigenvalue weighted by molar-refractivity contribution is 0.623. The number of furan rings is 1. The van der Waals surface area contributed by atoms with Gasteiger partial charge in [-0.3, -0.25) is 0 Å². The zero-order chi connectivity index (χ0) is 29.9. The van der Waals surface area contributed by atoms with Crippen LogP contribution >= 0.6 is 0 Å². The first kappa shape index (κ1) is 24.2. The topological polar surface area (TPSA) is 39.2 Å². The van der Waals surface area contributed by atoms with E-state index in [1.54, 1.807) is 0 Å². The highest BCUT2D eigenvalue weighted by Gasteiger charge is 2.25. The lowest BCUT2D eigenvalue weighted by Gasteiger charge is -2.10. The van der Waals surface area contributed by atoms with Crippen LogP contribution in [-0.2, 0) is 0 Å². The molecule has 0 fully saturated rings. The molecule has 0 saturated carbocycles. The molecular formula is C43H23NO2. The highest BCUT2D eigenvalue weighted by Crippen LogP contribution is 2.51. The summed E-state index contributed by atoms with van der Waals surface area (Å²) in [6.45, 7) is 0. The highest BCUT2D eigenvalue weighted by atomic mass is 16.3. The van der Waals surface area contributed by atoms with Crippen LogP contribution in [0.2, 0.25) is 0 Å². The van der Waals surface area contributed by atoms with Gasteiger partial charge < -0.3 is 8.83 Å². The van der Waals surface area contributed by atoms with Gasteiger partial charge in [0, 0.05) is 21.7 Å². The molecule has 0 aliphatic heterocycles. The molecule has 2 heterocycles. The fourth-order valence-corrected chi connectivity index (χ4v) is 7.72. The fourth-order valence-electron chi connectivity index (χ4n) is 7.72. The molecule has 0 N–H and O–H groups in total. The summed E-state index contributed by atoms with van der Waals surface area (Å²) in [5.74, 6) is 0.641. The van der Waals surface area contributed by atoms with Crippen molar-refractivity contribution in [3.63, 3.8) is 0 Å². The number of oxazole rings is 1. The van der Waals surface area contributed by atoms with Gasteiger partial charge in [0.25, 0.3) is 0 Å². The molecule has 0 amide bonds. The summed E-state index contributed by atoms with van der Waals surface area (Å²) in [4.78, 5) is 4.86. The second-order valence-electron chi connectivity index (χ2n) is 12.3. The quantitative estimate of drug-likeness (QED) is 0.189. The maximum absolute atomic E-state index is 6.49. The minimum Gasteiger partial charge on any atom is -0.456 e.